The summed E-state index contributed by atoms with van der Waals surface area (Å²) in [7, 11) is 4.05. The summed E-state index contributed by atoms with van der Waals surface area (Å²) in [6.45, 7) is 3.55. The van der Waals surface area contributed by atoms with Crippen LogP contribution in [0.3, 0.4) is 0 Å². The molecule has 0 saturated heterocycles. The zero-order valence-electron chi connectivity index (χ0n) is 10.0. The van der Waals surface area contributed by atoms with Crippen molar-refractivity contribution in [1.29, 1.82) is 0 Å². The third kappa shape index (κ3) is 3.80. The lowest BCUT2D eigenvalue weighted by Crippen LogP contribution is -2.53. The first-order chi connectivity index (χ1) is 6.94. The van der Waals surface area contributed by atoms with Gasteiger partial charge >= 0.3 is 0 Å². The maximum atomic E-state index is 11.7. The Morgan fingerprint density at radius 2 is 2.13 bits per heavy atom. The molecule has 1 amide bonds. The molecule has 0 aromatic heterocycles. The van der Waals surface area contributed by atoms with E-state index in [0.29, 0.717) is 5.92 Å². The minimum atomic E-state index is -0.655. The Morgan fingerprint density at radius 1 is 1.53 bits per heavy atom. The highest BCUT2D eigenvalue weighted by atomic mass is 16.2. The molecular formula is C11H23N3O. The molecule has 0 heterocycles. The fourth-order valence-electron chi connectivity index (χ4n) is 1.66. The van der Waals surface area contributed by atoms with Crippen LogP contribution in [0.4, 0.5) is 0 Å². The summed E-state index contributed by atoms with van der Waals surface area (Å²) < 4.78 is 0. The number of nitrogens with two attached hydrogens (primary N) is 1. The molecule has 0 bridgehead atoms. The molecule has 0 radical (unpaired) electrons. The zero-order valence-corrected chi connectivity index (χ0v) is 10.0. The van der Waals surface area contributed by atoms with Crippen LogP contribution in [0.15, 0.2) is 0 Å². The Kier molecular flexibility index (Phi) is 4.11. The van der Waals surface area contributed by atoms with E-state index in [2.05, 4.69) is 10.2 Å². The highest BCUT2D eigenvalue weighted by molar-refractivity contribution is 5.86. The van der Waals surface area contributed by atoms with Crippen molar-refractivity contribution in [3.63, 3.8) is 0 Å². The van der Waals surface area contributed by atoms with Gasteiger partial charge in [-0.15, -0.1) is 0 Å². The summed E-state index contributed by atoms with van der Waals surface area (Å²) in [6, 6.07) is 0. The second-order valence-electron chi connectivity index (χ2n) is 4.97. The van der Waals surface area contributed by atoms with Crippen molar-refractivity contribution in [2.45, 2.75) is 31.7 Å². The van der Waals surface area contributed by atoms with E-state index >= 15 is 0 Å². The van der Waals surface area contributed by atoms with Gasteiger partial charge < -0.3 is 16.0 Å². The van der Waals surface area contributed by atoms with Gasteiger partial charge in [-0.1, -0.05) is 0 Å². The van der Waals surface area contributed by atoms with Crippen LogP contribution in [0.5, 0.6) is 0 Å². The number of nitrogens with one attached hydrogen (secondary N) is 1. The molecule has 88 valence electrons. The summed E-state index contributed by atoms with van der Waals surface area (Å²) >= 11 is 0. The van der Waals surface area contributed by atoms with Crippen molar-refractivity contribution in [2.75, 3.05) is 27.2 Å². The second-order valence-corrected chi connectivity index (χ2v) is 4.97. The monoisotopic (exact) mass is 213 g/mol. The average Bonchev–Trinajstić information content (AvgIpc) is 2.94. The lowest BCUT2D eigenvalue weighted by molar-refractivity contribution is -0.126. The molecule has 1 aliphatic carbocycles. The normalized spacial score (nSPS) is 20.1. The van der Waals surface area contributed by atoms with E-state index in [9.17, 15) is 4.79 Å². The van der Waals surface area contributed by atoms with Crippen LogP contribution in [0.2, 0.25) is 0 Å². The van der Waals surface area contributed by atoms with Crippen molar-refractivity contribution in [2.24, 2.45) is 11.7 Å². The minimum Gasteiger partial charge on any atom is -0.354 e. The molecule has 1 aliphatic rings. The first-order valence-electron chi connectivity index (χ1n) is 5.66. The van der Waals surface area contributed by atoms with E-state index in [1.54, 1.807) is 0 Å². The van der Waals surface area contributed by atoms with Gasteiger partial charge in [0.25, 0.3) is 0 Å². The van der Waals surface area contributed by atoms with Gasteiger partial charge in [-0.2, -0.15) is 0 Å². The predicted octanol–water partition coefficient (Wildman–Crippen LogP) is 0.182. The van der Waals surface area contributed by atoms with Crippen LogP contribution in [0, 0.1) is 5.92 Å². The van der Waals surface area contributed by atoms with Crippen LogP contribution < -0.4 is 11.1 Å². The van der Waals surface area contributed by atoms with E-state index in [-0.39, 0.29) is 5.91 Å². The molecule has 1 saturated carbocycles. The standard InChI is InChI=1S/C11H23N3O/c1-11(12,9-5-6-9)10(15)13-7-4-8-14(2)3/h9H,4-8,12H2,1-3H3,(H,13,15). The Bertz CT molecular complexity index is 222. The van der Waals surface area contributed by atoms with Crippen molar-refractivity contribution in [1.82, 2.24) is 10.2 Å². The quantitative estimate of drug-likeness (QED) is 0.619. The smallest absolute Gasteiger partial charge is 0.240 e. The Labute approximate surface area is 92.2 Å². The van der Waals surface area contributed by atoms with Crippen LogP contribution in [-0.4, -0.2) is 43.5 Å². The van der Waals surface area contributed by atoms with Crippen molar-refractivity contribution in [3.8, 4) is 0 Å². The molecule has 1 fully saturated rings. The second kappa shape index (κ2) is 4.94. The Balaban J connectivity index is 2.18. The average molecular weight is 213 g/mol. The molecule has 0 aromatic rings. The number of carbonyl (C=O) groups is 1. The predicted molar refractivity (Wildman–Crippen MR) is 61.5 cm³/mol. The zero-order chi connectivity index (χ0) is 11.5. The van der Waals surface area contributed by atoms with Gasteiger partial charge in [0.15, 0.2) is 0 Å². The number of rotatable bonds is 6. The number of amides is 1. The summed E-state index contributed by atoms with van der Waals surface area (Å²) in [5, 5.41) is 2.91. The summed E-state index contributed by atoms with van der Waals surface area (Å²) in [5.41, 5.74) is 5.33. The third-order valence-electron chi connectivity index (χ3n) is 2.98. The first kappa shape index (κ1) is 12.5. The van der Waals surface area contributed by atoms with Gasteiger partial charge in [-0.3, -0.25) is 4.79 Å². The van der Waals surface area contributed by atoms with Gasteiger partial charge in [0.2, 0.25) is 5.91 Å². The molecule has 1 rings (SSSR count). The van der Waals surface area contributed by atoms with Gasteiger partial charge in [-0.25, -0.2) is 0 Å². The van der Waals surface area contributed by atoms with E-state index < -0.39 is 5.54 Å². The van der Waals surface area contributed by atoms with Gasteiger partial charge in [0, 0.05) is 6.54 Å². The largest absolute Gasteiger partial charge is 0.354 e. The topological polar surface area (TPSA) is 58.4 Å². The number of hydrogen-bond donors (Lipinski definition) is 2. The fourth-order valence-corrected chi connectivity index (χ4v) is 1.66. The lowest BCUT2D eigenvalue weighted by atomic mass is 9.96. The maximum Gasteiger partial charge on any atom is 0.240 e. The van der Waals surface area contributed by atoms with Gasteiger partial charge in [0.1, 0.15) is 0 Å². The SMILES string of the molecule is CN(C)CCCNC(=O)C(C)(N)C1CC1. The fraction of sp³-hybridized carbons (Fsp3) is 0.909. The van der Waals surface area contributed by atoms with Crippen molar-refractivity contribution >= 4 is 5.91 Å². The maximum absolute atomic E-state index is 11.7. The summed E-state index contributed by atoms with van der Waals surface area (Å²) in [4.78, 5) is 13.8. The molecule has 1 atom stereocenters. The van der Waals surface area contributed by atoms with Crippen LogP contribution >= 0.6 is 0 Å². The number of carbonyl (C=O) groups excluding carboxylic acids is 1. The molecule has 0 spiro atoms. The van der Waals surface area contributed by atoms with Crippen LogP contribution in [0.25, 0.3) is 0 Å². The van der Waals surface area contributed by atoms with E-state index in [0.717, 1.165) is 32.4 Å². The summed E-state index contributed by atoms with van der Waals surface area (Å²) in [6.07, 6.45) is 3.16. The van der Waals surface area contributed by atoms with Crippen molar-refractivity contribution < 1.29 is 4.79 Å². The highest BCUT2D eigenvalue weighted by Crippen LogP contribution is 2.37. The Morgan fingerprint density at radius 3 is 2.60 bits per heavy atom. The third-order valence-corrected chi connectivity index (χ3v) is 2.98. The van der Waals surface area contributed by atoms with Crippen LogP contribution in [0.1, 0.15) is 26.2 Å². The Hall–Kier alpha value is -0.610. The first-order valence-corrected chi connectivity index (χ1v) is 5.66. The molecular weight excluding hydrogens is 190 g/mol. The highest BCUT2D eigenvalue weighted by Gasteiger charge is 2.43. The van der Waals surface area contributed by atoms with Gasteiger partial charge in [-0.05, 0) is 52.7 Å². The molecule has 1 unspecified atom stereocenters. The number of hydrogen-bond acceptors (Lipinski definition) is 3. The number of nitrogens with zero attached hydrogens (tertiary/aromatic N) is 1. The van der Waals surface area contributed by atoms with E-state index in [1.165, 1.54) is 0 Å². The van der Waals surface area contributed by atoms with Crippen LogP contribution in [-0.2, 0) is 4.79 Å². The molecule has 3 N–H and O–H groups in total. The lowest BCUT2D eigenvalue weighted by Gasteiger charge is -2.23. The molecule has 4 nitrogen and oxygen atoms in total. The minimum absolute atomic E-state index is 0.00348. The molecule has 0 aromatic carbocycles. The molecule has 0 aliphatic heterocycles. The van der Waals surface area contributed by atoms with Crippen molar-refractivity contribution in [3.05, 3.63) is 0 Å². The molecule has 4 heteroatoms. The molecule has 15 heavy (non-hydrogen) atoms. The van der Waals surface area contributed by atoms with Gasteiger partial charge in [0.05, 0.1) is 5.54 Å². The summed E-state index contributed by atoms with van der Waals surface area (Å²) in [5.74, 6) is 0.398. The van der Waals surface area contributed by atoms with E-state index in [1.807, 2.05) is 21.0 Å². The van der Waals surface area contributed by atoms with E-state index in [4.69, 9.17) is 5.73 Å².